The lowest BCUT2D eigenvalue weighted by Gasteiger charge is -2.32. The number of aromatic nitrogens is 2. The number of carbonyl (C=O) groups excluding carboxylic acids is 2. The van der Waals surface area contributed by atoms with Crippen LogP contribution in [0.15, 0.2) is 54.7 Å². The quantitative estimate of drug-likeness (QED) is 0.654. The van der Waals surface area contributed by atoms with Gasteiger partial charge in [-0.1, -0.05) is 18.2 Å². The van der Waals surface area contributed by atoms with Crippen LogP contribution in [-0.2, 0) is 9.53 Å². The first kappa shape index (κ1) is 19.8. The molecule has 0 aliphatic carbocycles. The summed E-state index contributed by atoms with van der Waals surface area (Å²) < 4.78 is 5.03. The van der Waals surface area contributed by atoms with Gasteiger partial charge < -0.3 is 15.0 Å². The fourth-order valence-electron chi connectivity index (χ4n) is 3.68. The average molecular weight is 404 g/mol. The monoisotopic (exact) mass is 404 g/mol. The zero-order valence-corrected chi connectivity index (χ0v) is 16.9. The lowest BCUT2D eigenvalue weighted by Crippen LogP contribution is -2.41. The van der Waals surface area contributed by atoms with Crippen LogP contribution in [0.25, 0.3) is 11.0 Å². The molecule has 7 heteroatoms. The van der Waals surface area contributed by atoms with Crippen molar-refractivity contribution in [2.24, 2.45) is 5.92 Å². The minimum Gasteiger partial charge on any atom is -0.462 e. The Morgan fingerprint density at radius 3 is 2.83 bits per heavy atom. The molecule has 1 atom stereocenters. The highest BCUT2D eigenvalue weighted by Gasteiger charge is 2.27. The maximum absolute atomic E-state index is 12.9. The Balaban J connectivity index is 1.44. The third kappa shape index (κ3) is 4.40. The van der Waals surface area contributed by atoms with E-state index in [9.17, 15) is 9.59 Å². The highest BCUT2D eigenvalue weighted by molar-refractivity contribution is 5.95. The molecule has 0 radical (unpaired) electrons. The number of hydrogen-bond donors (Lipinski definition) is 1. The van der Waals surface area contributed by atoms with E-state index in [1.807, 2.05) is 24.3 Å². The van der Waals surface area contributed by atoms with Crippen molar-refractivity contribution < 1.29 is 14.3 Å². The number of rotatable bonds is 5. The molecule has 30 heavy (non-hydrogen) atoms. The second kappa shape index (κ2) is 8.90. The van der Waals surface area contributed by atoms with Gasteiger partial charge in [0.25, 0.3) is 0 Å². The number of amides is 1. The van der Waals surface area contributed by atoms with Crippen LogP contribution in [0.5, 0.6) is 0 Å². The molecular formula is C23H24N4O3. The number of esters is 1. The summed E-state index contributed by atoms with van der Waals surface area (Å²) in [6.07, 6.45) is 3.47. The van der Waals surface area contributed by atoms with Crippen molar-refractivity contribution in [3.8, 4) is 0 Å². The first-order chi connectivity index (χ1) is 14.6. The molecule has 1 fully saturated rings. The molecule has 1 amide bonds. The first-order valence-corrected chi connectivity index (χ1v) is 10.2. The van der Waals surface area contributed by atoms with E-state index in [2.05, 4.69) is 15.2 Å². The number of nitrogens with zero attached hydrogens (tertiary/aromatic N) is 3. The van der Waals surface area contributed by atoms with Gasteiger partial charge in [0.05, 0.1) is 35.3 Å². The maximum atomic E-state index is 12.9. The van der Waals surface area contributed by atoms with E-state index in [0.29, 0.717) is 24.4 Å². The Bertz CT molecular complexity index is 1070. The Labute approximate surface area is 175 Å². The Morgan fingerprint density at radius 2 is 2.00 bits per heavy atom. The van der Waals surface area contributed by atoms with Gasteiger partial charge in [-0.3, -0.25) is 9.78 Å². The SMILES string of the molecule is CCOC(=O)c1cccc(NC(=O)C2CCCN(c3cnc4ccccc4n3)C2)c1. The predicted octanol–water partition coefficient (Wildman–Crippen LogP) is 3.66. The number of fused-ring (bicyclic) bond motifs is 1. The molecule has 1 aliphatic heterocycles. The summed E-state index contributed by atoms with van der Waals surface area (Å²) in [5.41, 5.74) is 2.71. The van der Waals surface area contributed by atoms with Crippen LogP contribution in [-0.4, -0.2) is 41.5 Å². The lowest BCUT2D eigenvalue weighted by atomic mass is 9.97. The maximum Gasteiger partial charge on any atom is 0.338 e. The summed E-state index contributed by atoms with van der Waals surface area (Å²) in [6, 6.07) is 14.6. The second-order valence-corrected chi connectivity index (χ2v) is 7.29. The number of anilines is 2. The van der Waals surface area contributed by atoms with Crippen molar-refractivity contribution in [3.63, 3.8) is 0 Å². The zero-order chi connectivity index (χ0) is 20.9. The van der Waals surface area contributed by atoms with Crippen molar-refractivity contribution in [2.45, 2.75) is 19.8 Å². The molecule has 1 unspecified atom stereocenters. The molecule has 0 saturated carbocycles. The zero-order valence-electron chi connectivity index (χ0n) is 16.9. The third-order valence-electron chi connectivity index (χ3n) is 5.19. The van der Waals surface area contributed by atoms with Gasteiger partial charge in [-0.15, -0.1) is 0 Å². The topological polar surface area (TPSA) is 84.4 Å². The summed E-state index contributed by atoms with van der Waals surface area (Å²) in [6.45, 7) is 3.49. The van der Waals surface area contributed by atoms with Gasteiger partial charge in [-0.2, -0.15) is 0 Å². The van der Waals surface area contributed by atoms with Crippen LogP contribution in [0.3, 0.4) is 0 Å². The van der Waals surface area contributed by atoms with Crippen molar-refractivity contribution in [1.82, 2.24) is 9.97 Å². The Morgan fingerprint density at radius 1 is 1.17 bits per heavy atom. The van der Waals surface area contributed by atoms with E-state index in [-0.39, 0.29) is 11.8 Å². The normalized spacial score (nSPS) is 16.3. The molecule has 2 aromatic carbocycles. The van der Waals surface area contributed by atoms with E-state index < -0.39 is 5.97 Å². The molecule has 1 saturated heterocycles. The molecule has 1 aliphatic rings. The fraction of sp³-hybridized carbons (Fsp3) is 0.304. The van der Waals surface area contributed by atoms with Crippen LogP contribution in [0.4, 0.5) is 11.5 Å². The van der Waals surface area contributed by atoms with E-state index in [1.54, 1.807) is 37.4 Å². The number of benzene rings is 2. The molecule has 1 N–H and O–H groups in total. The number of piperidine rings is 1. The smallest absolute Gasteiger partial charge is 0.338 e. The van der Waals surface area contributed by atoms with Gasteiger partial charge in [0.15, 0.2) is 0 Å². The number of nitrogens with one attached hydrogen (secondary N) is 1. The van der Waals surface area contributed by atoms with E-state index in [0.717, 1.165) is 36.2 Å². The van der Waals surface area contributed by atoms with Crippen LogP contribution in [0, 0.1) is 5.92 Å². The van der Waals surface area contributed by atoms with E-state index >= 15 is 0 Å². The van der Waals surface area contributed by atoms with Gasteiger partial charge in [0, 0.05) is 18.8 Å². The second-order valence-electron chi connectivity index (χ2n) is 7.29. The summed E-state index contributed by atoms with van der Waals surface area (Å²) in [5.74, 6) is 0.163. The number of para-hydroxylation sites is 2. The minimum absolute atomic E-state index is 0.0607. The van der Waals surface area contributed by atoms with Gasteiger partial charge >= 0.3 is 5.97 Å². The molecule has 2 heterocycles. The van der Waals surface area contributed by atoms with E-state index in [4.69, 9.17) is 9.72 Å². The highest BCUT2D eigenvalue weighted by atomic mass is 16.5. The van der Waals surface area contributed by atoms with Crippen LogP contribution in [0.1, 0.15) is 30.1 Å². The summed E-state index contributed by atoms with van der Waals surface area (Å²) in [4.78, 5) is 36.1. The molecule has 0 spiro atoms. The fourth-order valence-corrected chi connectivity index (χ4v) is 3.68. The van der Waals surface area contributed by atoms with Crippen molar-refractivity contribution >= 4 is 34.4 Å². The Kier molecular flexibility index (Phi) is 5.88. The highest BCUT2D eigenvalue weighted by Crippen LogP contribution is 2.24. The molecule has 0 bridgehead atoms. The largest absolute Gasteiger partial charge is 0.462 e. The average Bonchev–Trinajstić information content (AvgIpc) is 2.79. The Hall–Kier alpha value is -3.48. The summed E-state index contributed by atoms with van der Waals surface area (Å²) >= 11 is 0. The van der Waals surface area contributed by atoms with Gasteiger partial charge in [0.2, 0.25) is 5.91 Å². The van der Waals surface area contributed by atoms with Crippen LogP contribution in [0.2, 0.25) is 0 Å². The van der Waals surface area contributed by atoms with Crippen molar-refractivity contribution in [3.05, 3.63) is 60.3 Å². The third-order valence-corrected chi connectivity index (χ3v) is 5.19. The van der Waals surface area contributed by atoms with Gasteiger partial charge in [0.1, 0.15) is 5.82 Å². The summed E-state index contributed by atoms with van der Waals surface area (Å²) in [7, 11) is 0. The van der Waals surface area contributed by atoms with E-state index in [1.165, 1.54) is 0 Å². The summed E-state index contributed by atoms with van der Waals surface area (Å²) in [5, 5.41) is 2.94. The van der Waals surface area contributed by atoms with Gasteiger partial charge in [-0.05, 0) is 50.1 Å². The predicted molar refractivity (Wildman–Crippen MR) is 116 cm³/mol. The van der Waals surface area contributed by atoms with Gasteiger partial charge in [-0.25, -0.2) is 9.78 Å². The van der Waals surface area contributed by atoms with Crippen LogP contribution < -0.4 is 10.2 Å². The minimum atomic E-state index is -0.396. The molecule has 4 rings (SSSR count). The number of ether oxygens (including phenoxy) is 1. The standard InChI is InChI=1S/C23H24N4O3/c1-2-30-23(29)16-7-5-9-18(13-16)25-22(28)17-8-6-12-27(15-17)21-14-24-19-10-3-4-11-20(19)26-21/h3-5,7,9-11,13-14,17H,2,6,8,12,15H2,1H3,(H,25,28). The van der Waals surface area contributed by atoms with Crippen LogP contribution >= 0.6 is 0 Å². The lowest BCUT2D eigenvalue weighted by molar-refractivity contribution is -0.120. The molecule has 1 aromatic heterocycles. The van der Waals surface area contributed by atoms with Crippen molar-refractivity contribution in [1.29, 1.82) is 0 Å². The van der Waals surface area contributed by atoms with Crippen molar-refractivity contribution in [2.75, 3.05) is 29.9 Å². The number of hydrogen-bond acceptors (Lipinski definition) is 6. The molecule has 154 valence electrons. The number of carbonyl (C=O) groups is 2. The molecular weight excluding hydrogens is 380 g/mol. The molecule has 7 nitrogen and oxygen atoms in total. The molecule has 3 aromatic rings. The first-order valence-electron chi connectivity index (χ1n) is 10.2.